The number of carbonyl (C=O) groups is 2. The van der Waals surface area contributed by atoms with Gasteiger partial charge in [-0.3, -0.25) is 14.7 Å². The van der Waals surface area contributed by atoms with Gasteiger partial charge >= 0.3 is 0 Å². The Kier molecular flexibility index (Phi) is 4.74. The van der Waals surface area contributed by atoms with E-state index in [0.717, 1.165) is 16.7 Å². The van der Waals surface area contributed by atoms with Crippen LogP contribution in [0.3, 0.4) is 0 Å². The maximum absolute atomic E-state index is 12.4. The summed E-state index contributed by atoms with van der Waals surface area (Å²) in [6, 6.07) is 4.27. The van der Waals surface area contributed by atoms with Gasteiger partial charge in [0.05, 0.1) is 22.6 Å². The van der Waals surface area contributed by atoms with Crippen molar-refractivity contribution in [1.82, 2.24) is 9.88 Å². The summed E-state index contributed by atoms with van der Waals surface area (Å²) < 4.78 is 0.227. The number of thioether (sulfide) groups is 1. The van der Waals surface area contributed by atoms with Gasteiger partial charge in [-0.2, -0.15) is 0 Å². The molecule has 110 valence electrons. The number of carboxylic acids is 1. The summed E-state index contributed by atoms with van der Waals surface area (Å²) in [5, 5.41) is 11.3. The van der Waals surface area contributed by atoms with Crippen molar-refractivity contribution in [2.45, 2.75) is 19.9 Å². The molecule has 0 radical (unpaired) electrons. The van der Waals surface area contributed by atoms with E-state index in [-0.39, 0.29) is 10.2 Å². The third-order valence-electron chi connectivity index (χ3n) is 2.94. The van der Waals surface area contributed by atoms with E-state index in [1.165, 1.54) is 0 Å². The van der Waals surface area contributed by atoms with Crippen LogP contribution in [-0.4, -0.2) is 32.1 Å². The second-order valence-electron chi connectivity index (χ2n) is 4.81. The molecule has 0 saturated carbocycles. The number of carboxylic acid groups (broad SMARTS) is 1. The smallest absolute Gasteiger partial charge is 0.266 e. The van der Waals surface area contributed by atoms with Gasteiger partial charge in [-0.05, 0) is 24.1 Å². The number of pyridine rings is 1. The second-order valence-corrected chi connectivity index (χ2v) is 6.49. The molecule has 1 saturated heterocycles. The van der Waals surface area contributed by atoms with Crippen LogP contribution in [0, 0.1) is 5.92 Å². The van der Waals surface area contributed by atoms with Gasteiger partial charge in [-0.25, -0.2) is 0 Å². The summed E-state index contributed by atoms with van der Waals surface area (Å²) in [6.45, 7) is 3.42. The van der Waals surface area contributed by atoms with Crippen molar-refractivity contribution in [3.8, 4) is 0 Å². The lowest BCUT2D eigenvalue weighted by molar-refractivity contribution is -0.311. The van der Waals surface area contributed by atoms with E-state index in [4.69, 9.17) is 12.2 Å². The lowest BCUT2D eigenvalue weighted by atomic mass is 10.0. The maximum Gasteiger partial charge on any atom is 0.266 e. The number of aromatic nitrogens is 1. The normalized spacial score (nSPS) is 18.6. The van der Waals surface area contributed by atoms with Crippen molar-refractivity contribution >= 4 is 46.3 Å². The van der Waals surface area contributed by atoms with Crippen LogP contribution in [0.1, 0.15) is 19.5 Å². The van der Waals surface area contributed by atoms with E-state index in [2.05, 4.69) is 4.98 Å². The highest BCUT2D eigenvalue weighted by molar-refractivity contribution is 8.26. The van der Waals surface area contributed by atoms with E-state index in [1.807, 2.05) is 0 Å². The van der Waals surface area contributed by atoms with E-state index in [0.29, 0.717) is 10.6 Å². The Balaban J connectivity index is 2.32. The Morgan fingerprint density at radius 1 is 1.48 bits per heavy atom. The number of thiocarbonyl (C=S) groups is 1. The monoisotopic (exact) mass is 321 g/mol. The standard InChI is InChI=1S/C14H14N2O3S2/c1-8(2)11(13(18)19)16-12(17)10(21-14(16)20)7-9-5-3-4-6-15-9/h3-8,11H,1-2H3,(H,18,19)/p-1/b10-7+/t11-/m1/s1. The molecule has 1 aromatic heterocycles. The molecule has 1 amide bonds. The van der Waals surface area contributed by atoms with Gasteiger partial charge in [0, 0.05) is 6.20 Å². The van der Waals surface area contributed by atoms with Crippen LogP contribution < -0.4 is 5.11 Å². The zero-order chi connectivity index (χ0) is 15.6. The quantitative estimate of drug-likeness (QED) is 0.610. The first-order valence-electron chi connectivity index (χ1n) is 6.30. The third kappa shape index (κ3) is 3.30. The van der Waals surface area contributed by atoms with Gasteiger partial charge in [0.1, 0.15) is 4.32 Å². The summed E-state index contributed by atoms with van der Waals surface area (Å²) in [7, 11) is 0. The molecule has 0 spiro atoms. The van der Waals surface area contributed by atoms with Crippen LogP contribution in [0.2, 0.25) is 0 Å². The first kappa shape index (κ1) is 15.7. The highest BCUT2D eigenvalue weighted by Gasteiger charge is 2.39. The van der Waals surface area contributed by atoms with Crippen molar-refractivity contribution in [2.75, 3.05) is 0 Å². The molecule has 1 aliphatic heterocycles. The zero-order valence-electron chi connectivity index (χ0n) is 11.5. The number of aliphatic carboxylic acids is 1. The summed E-state index contributed by atoms with van der Waals surface area (Å²) in [5.74, 6) is -2.02. The topological polar surface area (TPSA) is 73.3 Å². The first-order valence-corrected chi connectivity index (χ1v) is 7.53. The number of hydrogen-bond acceptors (Lipinski definition) is 6. The molecule has 0 unspecified atom stereocenters. The van der Waals surface area contributed by atoms with Gasteiger partial charge in [0.15, 0.2) is 0 Å². The summed E-state index contributed by atoms with van der Waals surface area (Å²) in [6.07, 6.45) is 3.22. The van der Waals surface area contributed by atoms with Gasteiger partial charge in [-0.15, -0.1) is 0 Å². The molecule has 0 N–H and O–H groups in total. The van der Waals surface area contributed by atoms with Crippen LogP contribution >= 0.6 is 24.0 Å². The van der Waals surface area contributed by atoms with Crippen molar-refractivity contribution in [1.29, 1.82) is 0 Å². The number of rotatable bonds is 4. The fraction of sp³-hybridized carbons (Fsp3) is 0.286. The van der Waals surface area contributed by atoms with Crippen molar-refractivity contribution in [3.05, 3.63) is 35.0 Å². The molecule has 21 heavy (non-hydrogen) atoms. The number of hydrogen-bond donors (Lipinski definition) is 0. The molecule has 0 aliphatic carbocycles. The van der Waals surface area contributed by atoms with Crippen molar-refractivity contribution in [2.24, 2.45) is 5.92 Å². The van der Waals surface area contributed by atoms with Crippen LogP contribution in [0.5, 0.6) is 0 Å². The van der Waals surface area contributed by atoms with E-state index in [9.17, 15) is 14.7 Å². The van der Waals surface area contributed by atoms with E-state index < -0.39 is 17.9 Å². The SMILES string of the molecule is CC(C)[C@H](C(=O)[O-])N1C(=O)/C(=C\c2ccccn2)SC1=S. The Morgan fingerprint density at radius 2 is 2.19 bits per heavy atom. The Labute approximate surface area is 132 Å². The van der Waals surface area contributed by atoms with Gasteiger partial charge < -0.3 is 9.90 Å². The van der Waals surface area contributed by atoms with E-state index in [1.54, 1.807) is 44.3 Å². The summed E-state index contributed by atoms with van der Waals surface area (Å²) in [5.41, 5.74) is 0.618. The van der Waals surface area contributed by atoms with Crippen LogP contribution in [0.25, 0.3) is 6.08 Å². The number of amides is 1. The molecule has 1 aliphatic rings. The summed E-state index contributed by atoms with van der Waals surface area (Å²) >= 11 is 6.22. The lowest BCUT2D eigenvalue weighted by Crippen LogP contribution is -2.52. The maximum atomic E-state index is 12.4. The molecular weight excluding hydrogens is 308 g/mol. The molecule has 7 heteroatoms. The van der Waals surface area contributed by atoms with Gasteiger partial charge in [-0.1, -0.05) is 43.9 Å². The first-order chi connectivity index (χ1) is 9.91. The van der Waals surface area contributed by atoms with Crippen LogP contribution in [0.4, 0.5) is 0 Å². The van der Waals surface area contributed by atoms with Crippen LogP contribution in [0.15, 0.2) is 29.3 Å². The van der Waals surface area contributed by atoms with Crippen LogP contribution in [-0.2, 0) is 9.59 Å². The van der Waals surface area contributed by atoms with Crippen molar-refractivity contribution in [3.63, 3.8) is 0 Å². The molecule has 2 rings (SSSR count). The average molecular weight is 321 g/mol. The largest absolute Gasteiger partial charge is 0.548 e. The Hall–Kier alpha value is -1.73. The minimum Gasteiger partial charge on any atom is -0.548 e. The Morgan fingerprint density at radius 3 is 2.71 bits per heavy atom. The minimum absolute atomic E-state index is 0.227. The third-order valence-corrected chi connectivity index (χ3v) is 4.27. The molecule has 1 aromatic rings. The number of nitrogens with zero attached hydrogens (tertiary/aromatic N) is 2. The Bertz CT molecular complexity index is 614. The van der Waals surface area contributed by atoms with Crippen molar-refractivity contribution < 1.29 is 14.7 Å². The molecule has 5 nitrogen and oxygen atoms in total. The highest BCUT2D eigenvalue weighted by atomic mass is 32.2. The molecule has 0 bridgehead atoms. The van der Waals surface area contributed by atoms with Gasteiger partial charge in [0.25, 0.3) is 5.91 Å². The van der Waals surface area contributed by atoms with E-state index >= 15 is 0 Å². The highest BCUT2D eigenvalue weighted by Crippen LogP contribution is 2.35. The zero-order valence-corrected chi connectivity index (χ0v) is 13.1. The second kappa shape index (κ2) is 6.36. The van der Waals surface area contributed by atoms with Gasteiger partial charge in [0.2, 0.25) is 0 Å². The lowest BCUT2D eigenvalue weighted by Gasteiger charge is -2.30. The summed E-state index contributed by atoms with van der Waals surface area (Å²) in [4.78, 5) is 29.3. The average Bonchev–Trinajstić information content (AvgIpc) is 2.67. The molecule has 2 heterocycles. The molecular formula is C14H13N2O3S2-. The fourth-order valence-electron chi connectivity index (χ4n) is 1.99. The number of carbonyl (C=O) groups excluding carboxylic acids is 2. The predicted octanol–water partition coefficient (Wildman–Crippen LogP) is 1.06. The predicted molar refractivity (Wildman–Crippen MR) is 82.9 cm³/mol. The molecule has 1 atom stereocenters. The molecule has 0 aromatic carbocycles. The molecule has 1 fully saturated rings. The minimum atomic E-state index is -1.31. The fourth-order valence-corrected chi connectivity index (χ4v) is 3.31.